The van der Waals surface area contributed by atoms with E-state index in [1.54, 1.807) is 0 Å². The smallest absolute Gasteiger partial charge is 0.354 e. The fourth-order valence-electron chi connectivity index (χ4n) is 2.26. The summed E-state index contributed by atoms with van der Waals surface area (Å²) >= 11 is 0. The Balaban J connectivity index is 2.24. The molecule has 3 N–H and O–H groups in total. The van der Waals surface area contributed by atoms with Crippen molar-refractivity contribution < 1.29 is 32.3 Å². The third kappa shape index (κ3) is 3.57. The molecule has 1 fully saturated rings. The second-order valence-electron chi connectivity index (χ2n) is 5.49. The topological polar surface area (TPSA) is 122 Å². The Labute approximate surface area is 127 Å². The highest BCUT2D eigenvalue weighted by molar-refractivity contribution is 7.53. The zero-order valence-electron chi connectivity index (χ0n) is 11.8. The first-order chi connectivity index (χ1) is 10.3. The number of aryl methyl sites for hydroxylation is 1. The monoisotopic (exact) mass is 358 g/mol. The quantitative estimate of drug-likeness (QED) is 0.679. The Kier molecular flexibility index (Phi) is 4.35. The van der Waals surface area contributed by atoms with Crippen molar-refractivity contribution in [2.45, 2.75) is 37.3 Å². The molecular weight excluding hydrogens is 344 g/mol. The number of aromatic amines is 1. The Hall–Kier alpha value is -1.42. The van der Waals surface area contributed by atoms with Gasteiger partial charge in [0.1, 0.15) is 11.9 Å². The van der Waals surface area contributed by atoms with Crippen LogP contribution in [0.2, 0.25) is 0 Å². The number of nitrogens with one attached hydrogen (secondary N) is 1. The van der Waals surface area contributed by atoms with Crippen LogP contribution >= 0.6 is 7.60 Å². The van der Waals surface area contributed by atoms with Crippen molar-refractivity contribution in [1.82, 2.24) is 9.55 Å². The predicted octanol–water partition coefficient (Wildman–Crippen LogP) is 0.633. The first kappa shape index (κ1) is 17.9. The molecule has 1 saturated heterocycles. The van der Waals surface area contributed by atoms with Crippen LogP contribution in [0.15, 0.2) is 15.8 Å². The predicted molar refractivity (Wildman–Crippen MR) is 71.1 cm³/mol. The normalized spacial score (nSPS) is 25.7. The molecule has 8 nitrogen and oxygen atoms in total. The average molecular weight is 358 g/mol. The molecule has 0 spiro atoms. The fraction of sp³-hybridized carbons (Fsp3) is 0.636. The summed E-state index contributed by atoms with van der Waals surface area (Å²) in [6, 6.07) is 0. The van der Waals surface area contributed by atoms with E-state index >= 15 is 0 Å². The van der Waals surface area contributed by atoms with Crippen molar-refractivity contribution in [1.29, 1.82) is 0 Å². The van der Waals surface area contributed by atoms with E-state index < -0.39 is 55.9 Å². The van der Waals surface area contributed by atoms with E-state index in [0.29, 0.717) is 0 Å². The molecule has 0 unspecified atom stereocenters. The minimum Gasteiger partial charge on any atom is -0.354 e. The van der Waals surface area contributed by atoms with Crippen molar-refractivity contribution in [3.63, 3.8) is 0 Å². The summed E-state index contributed by atoms with van der Waals surface area (Å²) in [5, 5.41) is 0. The molecule has 2 atom stereocenters. The van der Waals surface area contributed by atoms with Gasteiger partial charge in [0.25, 0.3) is 5.56 Å². The molecule has 1 aliphatic heterocycles. The molecule has 1 aromatic rings. The lowest BCUT2D eigenvalue weighted by molar-refractivity contribution is -0.0162. The van der Waals surface area contributed by atoms with Gasteiger partial charge >= 0.3 is 18.9 Å². The molecular formula is C11H14F3N2O6P. The van der Waals surface area contributed by atoms with Crippen LogP contribution in [0.5, 0.6) is 0 Å². The molecule has 1 aromatic heterocycles. The van der Waals surface area contributed by atoms with Gasteiger partial charge in [-0.15, -0.1) is 0 Å². The number of rotatable bonds is 4. The Bertz CT molecular complexity index is 772. The van der Waals surface area contributed by atoms with Crippen molar-refractivity contribution in [2.24, 2.45) is 0 Å². The molecule has 0 saturated carbocycles. The van der Waals surface area contributed by atoms with Gasteiger partial charge in [0.2, 0.25) is 0 Å². The summed E-state index contributed by atoms with van der Waals surface area (Å²) in [7, 11) is -5.82. The van der Waals surface area contributed by atoms with E-state index in [0.717, 1.165) is 10.8 Å². The van der Waals surface area contributed by atoms with Crippen LogP contribution in [-0.4, -0.2) is 37.3 Å². The number of halogens is 3. The number of aromatic nitrogens is 2. The highest BCUT2D eigenvalue weighted by atomic mass is 31.2. The first-order valence-corrected chi connectivity index (χ1v) is 8.02. The summed E-state index contributed by atoms with van der Waals surface area (Å²) in [6.07, 6.45) is -2.62. The number of hydrogen-bond acceptors (Lipinski definition) is 4. The largest absolute Gasteiger partial charge is 0.394 e. The standard InChI is InChI=1S/C11H14F3N2O6P/c1-6-3-16(9(18)15-8(6)17)7-2-10(12,5-22-7)4-11(13,14)23(19,20)21/h3,7H,2,4-5H2,1H3,(H,15,17,18)(H2,19,20,21)/t7-,10-/m1/s1. The molecule has 2 rings (SSSR count). The van der Waals surface area contributed by atoms with E-state index in [4.69, 9.17) is 14.5 Å². The SMILES string of the molecule is Cc1cn([C@H]2C[C@@](F)(CC(F)(F)P(=O)(O)O)CO2)c(=O)[nH]c1=O. The van der Waals surface area contributed by atoms with E-state index in [1.807, 2.05) is 4.98 Å². The zero-order valence-corrected chi connectivity index (χ0v) is 12.7. The summed E-state index contributed by atoms with van der Waals surface area (Å²) in [5.41, 5.74) is -8.70. The second kappa shape index (κ2) is 5.59. The first-order valence-electron chi connectivity index (χ1n) is 6.41. The lowest BCUT2D eigenvalue weighted by Gasteiger charge is -2.25. The van der Waals surface area contributed by atoms with Crippen molar-refractivity contribution in [3.8, 4) is 0 Å². The van der Waals surface area contributed by atoms with Gasteiger partial charge in [0.05, 0.1) is 13.0 Å². The van der Waals surface area contributed by atoms with Crippen LogP contribution in [-0.2, 0) is 9.30 Å². The number of H-pyrrole nitrogens is 1. The molecule has 0 amide bonds. The maximum absolute atomic E-state index is 14.5. The van der Waals surface area contributed by atoms with E-state index in [-0.39, 0.29) is 5.56 Å². The van der Waals surface area contributed by atoms with Crippen LogP contribution in [0.1, 0.15) is 24.6 Å². The second-order valence-corrected chi connectivity index (χ2v) is 7.23. The van der Waals surface area contributed by atoms with Crippen molar-refractivity contribution in [2.75, 3.05) is 6.61 Å². The third-order valence-electron chi connectivity index (χ3n) is 3.49. The molecule has 23 heavy (non-hydrogen) atoms. The molecule has 0 bridgehead atoms. The van der Waals surface area contributed by atoms with E-state index in [9.17, 15) is 27.3 Å². The van der Waals surface area contributed by atoms with Gasteiger partial charge < -0.3 is 14.5 Å². The average Bonchev–Trinajstić information content (AvgIpc) is 2.73. The van der Waals surface area contributed by atoms with Gasteiger partial charge in [0, 0.05) is 18.2 Å². The van der Waals surface area contributed by atoms with Crippen LogP contribution in [0.4, 0.5) is 13.2 Å². The van der Waals surface area contributed by atoms with Crippen molar-refractivity contribution in [3.05, 3.63) is 32.6 Å². The summed E-state index contributed by atoms with van der Waals surface area (Å²) in [6.45, 7) is 0.520. The Morgan fingerprint density at radius 2 is 2.13 bits per heavy atom. The lowest BCUT2D eigenvalue weighted by Crippen LogP contribution is -2.35. The van der Waals surface area contributed by atoms with Gasteiger partial charge in [-0.25, -0.2) is 9.18 Å². The third-order valence-corrected chi connectivity index (χ3v) is 4.50. The van der Waals surface area contributed by atoms with Gasteiger partial charge in [0.15, 0.2) is 0 Å². The summed E-state index contributed by atoms with van der Waals surface area (Å²) in [4.78, 5) is 42.0. The molecule has 130 valence electrons. The van der Waals surface area contributed by atoms with Crippen LogP contribution in [0.3, 0.4) is 0 Å². The molecule has 1 aliphatic rings. The fourth-order valence-corrected chi connectivity index (χ4v) is 2.75. The van der Waals surface area contributed by atoms with Gasteiger partial charge in [-0.05, 0) is 6.92 Å². The number of hydrogen-bond donors (Lipinski definition) is 3. The number of nitrogens with zero attached hydrogens (tertiary/aromatic N) is 1. The van der Waals surface area contributed by atoms with Crippen molar-refractivity contribution >= 4 is 7.60 Å². The van der Waals surface area contributed by atoms with Crippen LogP contribution < -0.4 is 11.2 Å². The highest BCUT2D eigenvalue weighted by Gasteiger charge is 2.57. The minimum absolute atomic E-state index is 0.130. The maximum atomic E-state index is 14.5. The number of alkyl halides is 3. The van der Waals surface area contributed by atoms with E-state index in [1.165, 1.54) is 6.92 Å². The lowest BCUT2D eigenvalue weighted by atomic mass is 10.0. The van der Waals surface area contributed by atoms with Gasteiger partial charge in [-0.3, -0.25) is 18.9 Å². The highest BCUT2D eigenvalue weighted by Crippen LogP contribution is 2.58. The van der Waals surface area contributed by atoms with Gasteiger partial charge in [-0.1, -0.05) is 0 Å². The van der Waals surface area contributed by atoms with Crippen LogP contribution in [0, 0.1) is 6.92 Å². The Morgan fingerprint density at radius 1 is 1.52 bits per heavy atom. The summed E-state index contributed by atoms with van der Waals surface area (Å²) < 4.78 is 57.7. The molecule has 12 heteroatoms. The maximum Gasteiger partial charge on any atom is 0.394 e. The minimum atomic E-state index is -5.82. The molecule has 0 radical (unpaired) electrons. The Morgan fingerprint density at radius 3 is 2.70 bits per heavy atom. The molecule has 0 aromatic carbocycles. The summed E-state index contributed by atoms with van der Waals surface area (Å²) in [5.74, 6) is 0. The van der Waals surface area contributed by atoms with Gasteiger partial charge in [-0.2, -0.15) is 8.78 Å². The zero-order chi connectivity index (χ0) is 17.6. The number of ether oxygens (including phenoxy) is 1. The molecule has 0 aliphatic carbocycles. The van der Waals surface area contributed by atoms with E-state index in [2.05, 4.69) is 0 Å². The molecule has 2 heterocycles. The van der Waals surface area contributed by atoms with Crippen LogP contribution in [0.25, 0.3) is 0 Å².